The average molecular weight is 307 g/mol. The fourth-order valence-corrected chi connectivity index (χ4v) is 3.28. The van der Waals surface area contributed by atoms with Crippen LogP contribution < -0.4 is 0 Å². The average Bonchev–Trinajstić information content (AvgIpc) is 3.19. The van der Waals surface area contributed by atoms with E-state index < -0.39 is 0 Å². The van der Waals surface area contributed by atoms with Crippen LogP contribution in [0, 0.1) is 0 Å². The summed E-state index contributed by atoms with van der Waals surface area (Å²) in [7, 11) is 0. The number of furan rings is 1. The number of rotatable bonds is 6. The van der Waals surface area contributed by atoms with Crippen molar-refractivity contribution in [1.82, 2.24) is 25.2 Å². The first-order valence-corrected chi connectivity index (χ1v) is 8.06. The Hall–Kier alpha value is -1.67. The Balaban J connectivity index is 1.64. The maximum atomic E-state index is 5.31. The molecule has 0 saturated carbocycles. The zero-order valence-corrected chi connectivity index (χ0v) is 12.5. The number of aromatic nitrogens is 5. The minimum absolute atomic E-state index is 0.541. The SMILES string of the molecule is CCc1nc(CSc2nnnn2Cc2ccco2)cs1. The van der Waals surface area contributed by atoms with Crippen molar-refractivity contribution in [2.24, 2.45) is 0 Å². The molecule has 3 rings (SSSR count). The van der Waals surface area contributed by atoms with E-state index in [1.165, 1.54) is 0 Å². The molecule has 0 fully saturated rings. The van der Waals surface area contributed by atoms with Gasteiger partial charge in [0.15, 0.2) is 0 Å². The van der Waals surface area contributed by atoms with Crippen LogP contribution in [0.2, 0.25) is 0 Å². The number of thioether (sulfide) groups is 1. The van der Waals surface area contributed by atoms with Gasteiger partial charge in [-0.2, -0.15) is 0 Å². The number of aryl methyl sites for hydroxylation is 1. The Labute approximate surface area is 124 Å². The lowest BCUT2D eigenvalue weighted by Crippen LogP contribution is -2.03. The molecule has 0 atom stereocenters. The summed E-state index contributed by atoms with van der Waals surface area (Å²) in [5.41, 5.74) is 1.07. The van der Waals surface area contributed by atoms with E-state index in [2.05, 4.69) is 32.8 Å². The Morgan fingerprint density at radius 1 is 1.45 bits per heavy atom. The molecule has 0 saturated heterocycles. The van der Waals surface area contributed by atoms with Gasteiger partial charge in [0.25, 0.3) is 0 Å². The molecule has 3 heterocycles. The smallest absolute Gasteiger partial charge is 0.210 e. The van der Waals surface area contributed by atoms with Gasteiger partial charge in [0.2, 0.25) is 5.16 Å². The molecule has 0 aromatic carbocycles. The Kier molecular flexibility index (Phi) is 4.12. The number of thiazole rings is 1. The van der Waals surface area contributed by atoms with Gasteiger partial charge in [-0.05, 0) is 29.0 Å². The van der Waals surface area contributed by atoms with Crippen LogP contribution in [0.4, 0.5) is 0 Å². The van der Waals surface area contributed by atoms with Crippen LogP contribution in [-0.2, 0) is 18.7 Å². The van der Waals surface area contributed by atoms with Crippen LogP contribution in [-0.4, -0.2) is 25.2 Å². The normalized spacial score (nSPS) is 11.1. The predicted octanol–water partition coefficient (Wildman–Crippen LogP) is 2.63. The minimum Gasteiger partial charge on any atom is -0.467 e. The predicted molar refractivity (Wildman–Crippen MR) is 76.7 cm³/mol. The summed E-state index contributed by atoms with van der Waals surface area (Å²) < 4.78 is 7.04. The highest BCUT2D eigenvalue weighted by atomic mass is 32.2. The Morgan fingerprint density at radius 3 is 3.15 bits per heavy atom. The van der Waals surface area contributed by atoms with Crippen molar-refractivity contribution in [2.75, 3.05) is 0 Å². The summed E-state index contributed by atoms with van der Waals surface area (Å²) in [6.07, 6.45) is 2.62. The topological polar surface area (TPSA) is 69.6 Å². The molecule has 3 aromatic rings. The summed E-state index contributed by atoms with van der Waals surface area (Å²) in [6, 6.07) is 3.76. The van der Waals surface area contributed by atoms with Crippen molar-refractivity contribution in [2.45, 2.75) is 30.8 Å². The van der Waals surface area contributed by atoms with E-state index in [0.717, 1.165) is 33.8 Å². The first-order valence-electron chi connectivity index (χ1n) is 6.19. The number of nitrogens with zero attached hydrogens (tertiary/aromatic N) is 5. The minimum atomic E-state index is 0.541. The van der Waals surface area contributed by atoms with Crippen molar-refractivity contribution in [3.8, 4) is 0 Å². The second-order valence-corrected chi connectivity index (χ2v) is 5.96. The van der Waals surface area contributed by atoms with Crippen molar-refractivity contribution >= 4 is 23.1 Å². The van der Waals surface area contributed by atoms with E-state index in [1.54, 1.807) is 34.0 Å². The molecule has 0 spiro atoms. The maximum absolute atomic E-state index is 5.31. The van der Waals surface area contributed by atoms with E-state index in [-0.39, 0.29) is 0 Å². The molecule has 0 amide bonds. The maximum Gasteiger partial charge on any atom is 0.210 e. The highest BCUT2D eigenvalue weighted by molar-refractivity contribution is 7.98. The molecule has 0 N–H and O–H groups in total. The highest BCUT2D eigenvalue weighted by Gasteiger charge is 2.10. The van der Waals surface area contributed by atoms with Gasteiger partial charge in [0.1, 0.15) is 12.3 Å². The van der Waals surface area contributed by atoms with Gasteiger partial charge in [-0.15, -0.1) is 16.4 Å². The van der Waals surface area contributed by atoms with Gasteiger partial charge in [-0.3, -0.25) is 0 Å². The van der Waals surface area contributed by atoms with E-state index >= 15 is 0 Å². The second-order valence-electron chi connectivity index (χ2n) is 4.07. The summed E-state index contributed by atoms with van der Waals surface area (Å²) in [6.45, 7) is 2.65. The van der Waals surface area contributed by atoms with Gasteiger partial charge < -0.3 is 4.42 Å². The first kappa shape index (κ1) is 13.3. The third-order valence-corrected chi connectivity index (χ3v) is 4.67. The van der Waals surface area contributed by atoms with Gasteiger partial charge >= 0.3 is 0 Å². The summed E-state index contributed by atoms with van der Waals surface area (Å²) in [5, 5.41) is 15.8. The lowest BCUT2D eigenvalue weighted by atomic mass is 10.4. The van der Waals surface area contributed by atoms with Gasteiger partial charge in [0.05, 0.1) is 17.0 Å². The molecule has 0 aliphatic rings. The zero-order chi connectivity index (χ0) is 13.8. The van der Waals surface area contributed by atoms with Gasteiger partial charge in [-0.1, -0.05) is 18.7 Å². The third kappa shape index (κ3) is 3.07. The molecule has 0 aliphatic heterocycles. The monoisotopic (exact) mass is 307 g/mol. The molecule has 0 bridgehead atoms. The van der Waals surface area contributed by atoms with E-state index in [9.17, 15) is 0 Å². The van der Waals surface area contributed by atoms with Crippen LogP contribution in [0.3, 0.4) is 0 Å². The summed E-state index contributed by atoms with van der Waals surface area (Å²) >= 11 is 3.28. The third-order valence-electron chi connectivity index (χ3n) is 2.64. The van der Waals surface area contributed by atoms with Crippen LogP contribution in [0.15, 0.2) is 33.3 Å². The summed E-state index contributed by atoms with van der Waals surface area (Å²) in [5.74, 6) is 1.61. The van der Waals surface area contributed by atoms with Gasteiger partial charge in [-0.25, -0.2) is 9.67 Å². The van der Waals surface area contributed by atoms with Crippen LogP contribution in [0.25, 0.3) is 0 Å². The molecule has 0 unspecified atom stereocenters. The molecule has 6 nitrogen and oxygen atoms in total. The number of hydrogen-bond acceptors (Lipinski definition) is 7. The Bertz CT molecular complexity index is 661. The molecular formula is C12H13N5OS2. The van der Waals surface area contributed by atoms with Crippen molar-refractivity contribution in [3.05, 3.63) is 40.2 Å². The first-order chi connectivity index (χ1) is 9.85. The van der Waals surface area contributed by atoms with Crippen molar-refractivity contribution in [1.29, 1.82) is 0 Å². The van der Waals surface area contributed by atoms with Crippen molar-refractivity contribution in [3.63, 3.8) is 0 Å². The molecule has 8 heteroatoms. The van der Waals surface area contributed by atoms with Crippen LogP contribution >= 0.6 is 23.1 Å². The summed E-state index contributed by atoms with van der Waals surface area (Å²) in [4.78, 5) is 4.53. The Morgan fingerprint density at radius 2 is 2.40 bits per heavy atom. The molecule has 0 aliphatic carbocycles. The molecule has 104 valence electrons. The van der Waals surface area contributed by atoms with E-state index in [0.29, 0.717) is 6.54 Å². The largest absolute Gasteiger partial charge is 0.467 e. The fourth-order valence-electron chi connectivity index (χ4n) is 1.67. The fraction of sp³-hybridized carbons (Fsp3) is 0.333. The lowest BCUT2D eigenvalue weighted by Gasteiger charge is -2.01. The van der Waals surface area contributed by atoms with Crippen LogP contribution in [0.1, 0.15) is 23.4 Å². The highest BCUT2D eigenvalue weighted by Crippen LogP contribution is 2.22. The molecule has 3 aromatic heterocycles. The van der Waals surface area contributed by atoms with Crippen LogP contribution in [0.5, 0.6) is 0 Å². The second kappa shape index (κ2) is 6.19. The molecule has 20 heavy (non-hydrogen) atoms. The standard InChI is InChI=1S/C12H13N5OS2/c1-2-11-13-9(7-19-11)8-20-12-14-15-16-17(12)6-10-4-3-5-18-10/h3-5,7H,2,6,8H2,1H3. The lowest BCUT2D eigenvalue weighted by molar-refractivity contribution is 0.462. The number of tetrazole rings is 1. The van der Waals surface area contributed by atoms with Crippen molar-refractivity contribution < 1.29 is 4.42 Å². The molecule has 0 radical (unpaired) electrons. The van der Waals surface area contributed by atoms with E-state index in [4.69, 9.17) is 4.42 Å². The molecular weight excluding hydrogens is 294 g/mol. The zero-order valence-electron chi connectivity index (χ0n) is 10.9. The van der Waals surface area contributed by atoms with Gasteiger partial charge in [0, 0.05) is 11.1 Å². The number of hydrogen-bond donors (Lipinski definition) is 0. The van der Waals surface area contributed by atoms with E-state index in [1.807, 2.05) is 12.1 Å². The quantitative estimate of drug-likeness (QED) is 0.652.